The van der Waals surface area contributed by atoms with E-state index in [9.17, 15) is 5.11 Å². The van der Waals surface area contributed by atoms with Gasteiger partial charge in [0, 0.05) is 0 Å². The molecule has 0 aliphatic heterocycles. The summed E-state index contributed by atoms with van der Waals surface area (Å²) in [7, 11) is 0. The molecule has 2 unspecified atom stereocenters. The van der Waals surface area contributed by atoms with Crippen LogP contribution in [0.15, 0.2) is 11.6 Å². The summed E-state index contributed by atoms with van der Waals surface area (Å²) in [6.07, 6.45) is 8.47. The Labute approximate surface area is 75.5 Å². The van der Waals surface area contributed by atoms with Crippen molar-refractivity contribution < 1.29 is 5.11 Å². The summed E-state index contributed by atoms with van der Waals surface area (Å²) >= 11 is 0. The first-order chi connectivity index (χ1) is 5.61. The Morgan fingerprint density at radius 2 is 2.17 bits per heavy atom. The van der Waals surface area contributed by atoms with Gasteiger partial charge in [-0.25, -0.2) is 0 Å². The average molecular weight is 166 g/mol. The van der Waals surface area contributed by atoms with Gasteiger partial charge < -0.3 is 5.11 Å². The Balaban J connectivity index is 4.02. The Bertz CT molecular complexity index is 182. The van der Waals surface area contributed by atoms with E-state index >= 15 is 0 Å². The fourth-order valence-corrected chi connectivity index (χ4v) is 1.04. The normalized spacial score (nSPS) is 14.6. The fraction of sp³-hybridized carbons (Fsp3) is 0.636. The number of hydrogen-bond acceptors (Lipinski definition) is 1. The lowest BCUT2D eigenvalue weighted by Crippen LogP contribution is -2.16. The maximum atomic E-state index is 9.37. The number of aliphatic hydroxyl groups excluding tert-OH is 1. The number of hydrogen-bond donors (Lipinski definition) is 1. The summed E-state index contributed by atoms with van der Waals surface area (Å²) in [4.78, 5) is 0. The maximum Gasteiger partial charge on any atom is 0.117 e. The van der Waals surface area contributed by atoms with Gasteiger partial charge in [0.05, 0.1) is 0 Å². The molecule has 0 amide bonds. The summed E-state index contributed by atoms with van der Waals surface area (Å²) in [6, 6.07) is 0. The molecule has 1 nitrogen and oxygen atoms in total. The minimum Gasteiger partial charge on any atom is -0.380 e. The van der Waals surface area contributed by atoms with Gasteiger partial charge >= 0.3 is 0 Å². The van der Waals surface area contributed by atoms with Crippen molar-refractivity contribution in [1.29, 1.82) is 0 Å². The molecule has 0 spiro atoms. The molecule has 0 aliphatic rings. The third-order valence-electron chi connectivity index (χ3n) is 1.97. The van der Waals surface area contributed by atoms with Crippen molar-refractivity contribution >= 4 is 0 Å². The van der Waals surface area contributed by atoms with Crippen LogP contribution in [0, 0.1) is 18.3 Å². The third kappa shape index (κ3) is 4.20. The third-order valence-corrected chi connectivity index (χ3v) is 1.97. The van der Waals surface area contributed by atoms with E-state index in [1.807, 2.05) is 6.92 Å². The van der Waals surface area contributed by atoms with Crippen LogP contribution in [0.1, 0.15) is 33.6 Å². The molecule has 2 atom stereocenters. The van der Waals surface area contributed by atoms with Crippen molar-refractivity contribution in [2.75, 3.05) is 0 Å². The van der Waals surface area contributed by atoms with Crippen LogP contribution in [0.25, 0.3) is 0 Å². The van der Waals surface area contributed by atoms with Crippen LogP contribution in [0.3, 0.4) is 0 Å². The first kappa shape index (κ1) is 11.3. The quantitative estimate of drug-likeness (QED) is 0.502. The Hall–Kier alpha value is -0.740. The summed E-state index contributed by atoms with van der Waals surface area (Å²) in [5.74, 6) is 2.58. The molecular weight excluding hydrogens is 148 g/mol. The molecule has 68 valence electrons. The second kappa shape index (κ2) is 5.85. The summed E-state index contributed by atoms with van der Waals surface area (Å²) in [5.41, 5.74) is 1.28. The molecule has 12 heavy (non-hydrogen) atoms. The number of aliphatic hydroxyl groups is 1. The minimum atomic E-state index is -0.592. The molecule has 1 heteroatoms. The van der Waals surface area contributed by atoms with Gasteiger partial charge in [-0.3, -0.25) is 0 Å². The van der Waals surface area contributed by atoms with E-state index in [2.05, 4.69) is 25.8 Å². The molecule has 0 bridgehead atoms. The standard InChI is InChI=1S/C11H18O/c1-5-10(11(12)6-2)8-7-9(3)4/h2,7,10-12H,5,8H2,1,3-4H3. The van der Waals surface area contributed by atoms with Crippen molar-refractivity contribution in [3.05, 3.63) is 11.6 Å². The SMILES string of the molecule is C#CC(O)C(CC)CC=C(C)C. The zero-order valence-electron chi connectivity index (χ0n) is 8.17. The van der Waals surface area contributed by atoms with Crippen molar-refractivity contribution in [1.82, 2.24) is 0 Å². The Morgan fingerprint density at radius 1 is 1.58 bits per heavy atom. The molecule has 1 N–H and O–H groups in total. The first-order valence-corrected chi connectivity index (χ1v) is 4.39. The number of rotatable bonds is 4. The summed E-state index contributed by atoms with van der Waals surface area (Å²) in [5, 5.41) is 9.37. The van der Waals surface area contributed by atoms with Gasteiger partial charge in [0.15, 0.2) is 0 Å². The smallest absolute Gasteiger partial charge is 0.117 e. The van der Waals surface area contributed by atoms with E-state index < -0.39 is 6.10 Å². The summed E-state index contributed by atoms with van der Waals surface area (Å²) in [6.45, 7) is 6.15. The topological polar surface area (TPSA) is 20.2 Å². The van der Waals surface area contributed by atoms with Crippen molar-refractivity contribution in [3.63, 3.8) is 0 Å². The van der Waals surface area contributed by atoms with E-state index in [0.29, 0.717) is 0 Å². The average Bonchev–Trinajstić information content (AvgIpc) is 2.04. The van der Waals surface area contributed by atoms with E-state index in [1.165, 1.54) is 5.57 Å². The van der Waals surface area contributed by atoms with Gasteiger partial charge in [-0.1, -0.05) is 24.5 Å². The lowest BCUT2D eigenvalue weighted by atomic mass is 9.95. The second-order valence-electron chi connectivity index (χ2n) is 3.30. The van der Waals surface area contributed by atoms with Gasteiger partial charge in [-0.05, 0) is 32.6 Å². The van der Waals surface area contributed by atoms with E-state index in [0.717, 1.165) is 12.8 Å². The Kier molecular flexibility index (Phi) is 5.49. The van der Waals surface area contributed by atoms with Gasteiger partial charge in [-0.2, -0.15) is 0 Å². The van der Waals surface area contributed by atoms with Crippen LogP contribution in [0.2, 0.25) is 0 Å². The van der Waals surface area contributed by atoms with E-state index in [-0.39, 0.29) is 5.92 Å². The van der Waals surface area contributed by atoms with Crippen molar-refractivity contribution in [3.8, 4) is 12.3 Å². The van der Waals surface area contributed by atoms with Crippen LogP contribution in [-0.4, -0.2) is 11.2 Å². The monoisotopic (exact) mass is 166 g/mol. The lowest BCUT2D eigenvalue weighted by molar-refractivity contribution is 0.160. The van der Waals surface area contributed by atoms with Crippen molar-refractivity contribution in [2.45, 2.75) is 39.7 Å². The van der Waals surface area contributed by atoms with Crippen molar-refractivity contribution in [2.24, 2.45) is 5.92 Å². The number of allylic oxidation sites excluding steroid dienone is 2. The van der Waals surface area contributed by atoms with E-state index in [1.54, 1.807) is 0 Å². The van der Waals surface area contributed by atoms with Gasteiger partial charge in [0.25, 0.3) is 0 Å². The highest BCUT2D eigenvalue weighted by Gasteiger charge is 2.12. The predicted molar refractivity (Wildman–Crippen MR) is 52.7 cm³/mol. The molecule has 0 heterocycles. The number of terminal acetylenes is 1. The van der Waals surface area contributed by atoms with E-state index in [4.69, 9.17) is 6.42 Å². The summed E-state index contributed by atoms with van der Waals surface area (Å²) < 4.78 is 0. The molecule has 0 rings (SSSR count). The fourth-order valence-electron chi connectivity index (χ4n) is 1.04. The highest BCUT2D eigenvalue weighted by molar-refractivity contribution is 5.01. The van der Waals surface area contributed by atoms with Gasteiger partial charge in [0.2, 0.25) is 0 Å². The molecule has 0 radical (unpaired) electrons. The zero-order chi connectivity index (χ0) is 9.56. The molecule has 0 aliphatic carbocycles. The molecular formula is C11H18O. The molecule has 0 fully saturated rings. The lowest BCUT2D eigenvalue weighted by Gasteiger charge is -2.14. The molecule has 0 aromatic rings. The first-order valence-electron chi connectivity index (χ1n) is 4.39. The second-order valence-corrected chi connectivity index (χ2v) is 3.30. The molecule has 0 aromatic heterocycles. The molecule has 0 saturated carbocycles. The van der Waals surface area contributed by atoms with Crippen LogP contribution in [0.4, 0.5) is 0 Å². The van der Waals surface area contributed by atoms with Gasteiger partial charge in [0.1, 0.15) is 6.10 Å². The molecule has 0 saturated heterocycles. The van der Waals surface area contributed by atoms with Crippen LogP contribution in [-0.2, 0) is 0 Å². The van der Waals surface area contributed by atoms with Crippen LogP contribution < -0.4 is 0 Å². The predicted octanol–water partition coefficient (Wildman–Crippen LogP) is 2.36. The van der Waals surface area contributed by atoms with Crippen LogP contribution in [0.5, 0.6) is 0 Å². The largest absolute Gasteiger partial charge is 0.380 e. The molecule has 0 aromatic carbocycles. The Morgan fingerprint density at radius 3 is 2.50 bits per heavy atom. The van der Waals surface area contributed by atoms with Crippen LogP contribution >= 0.6 is 0 Å². The highest BCUT2D eigenvalue weighted by Crippen LogP contribution is 2.14. The van der Waals surface area contributed by atoms with Gasteiger partial charge in [-0.15, -0.1) is 6.42 Å². The highest BCUT2D eigenvalue weighted by atomic mass is 16.3. The maximum absolute atomic E-state index is 9.37. The zero-order valence-corrected chi connectivity index (χ0v) is 8.17. The minimum absolute atomic E-state index is 0.213.